The van der Waals surface area contributed by atoms with Crippen LogP contribution in [0.1, 0.15) is 21.5 Å². The predicted molar refractivity (Wildman–Crippen MR) is 76.0 cm³/mol. The van der Waals surface area contributed by atoms with E-state index in [2.05, 4.69) is 0 Å². The van der Waals surface area contributed by atoms with Crippen LogP contribution in [-0.2, 0) is 0 Å². The number of ketones is 1. The molecule has 0 unspecified atom stereocenters. The van der Waals surface area contributed by atoms with Crippen LogP contribution in [0.5, 0.6) is 0 Å². The Kier molecular flexibility index (Phi) is 4.12. The van der Waals surface area contributed by atoms with Gasteiger partial charge in [0.25, 0.3) is 0 Å². The first-order valence-corrected chi connectivity index (χ1v) is 6.05. The number of rotatable bonds is 3. The maximum Gasteiger partial charge on any atom is 0.185 e. The standard InChI is InChI=1S/C16H10ClNO/c17-15-6-2-3-12(10-15)7-8-16(19)14-5-1-4-13(9-14)11-18/h1-10H/b8-7+. The summed E-state index contributed by atoms with van der Waals surface area (Å²) in [4.78, 5) is 11.9. The molecular weight excluding hydrogens is 258 g/mol. The van der Waals surface area contributed by atoms with Gasteiger partial charge in [-0.2, -0.15) is 5.26 Å². The fraction of sp³-hybridized carbons (Fsp3) is 0. The van der Waals surface area contributed by atoms with Gasteiger partial charge in [0, 0.05) is 10.6 Å². The molecule has 0 saturated heterocycles. The van der Waals surface area contributed by atoms with Crippen LogP contribution in [0.2, 0.25) is 5.02 Å². The van der Waals surface area contributed by atoms with Crippen molar-refractivity contribution in [1.29, 1.82) is 5.26 Å². The smallest absolute Gasteiger partial charge is 0.185 e. The van der Waals surface area contributed by atoms with Crippen LogP contribution < -0.4 is 0 Å². The molecule has 0 aromatic heterocycles. The third-order valence-electron chi connectivity index (χ3n) is 2.55. The Labute approximate surface area is 116 Å². The van der Waals surface area contributed by atoms with Crippen LogP contribution in [0.25, 0.3) is 6.08 Å². The third-order valence-corrected chi connectivity index (χ3v) is 2.79. The molecule has 0 saturated carbocycles. The molecule has 19 heavy (non-hydrogen) atoms. The SMILES string of the molecule is N#Cc1cccc(C(=O)/C=C/c2cccc(Cl)c2)c1. The largest absolute Gasteiger partial charge is 0.289 e. The van der Waals surface area contributed by atoms with Crippen molar-refractivity contribution in [2.24, 2.45) is 0 Å². The molecule has 0 radical (unpaired) electrons. The first kappa shape index (κ1) is 13.1. The quantitative estimate of drug-likeness (QED) is 0.620. The minimum atomic E-state index is -0.142. The maximum atomic E-state index is 11.9. The Hall–Kier alpha value is -2.37. The van der Waals surface area contributed by atoms with Crippen molar-refractivity contribution in [3.05, 3.63) is 76.3 Å². The number of benzene rings is 2. The molecule has 2 aromatic carbocycles. The fourth-order valence-corrected chi connectivity index (χ4v) is 1.82. The first-order chi connectivity index (χ1) is 9.19. The van der Waals surface area contributed by atoms with Crippen LogP contribution >= 0.6 is 11.6 Å². The van der Waals surface area contributed by atoms with E-state index in [1.165, 1.54) is 6.08 Å². The minimum absolute atomic E-state index is 0.142. The van der Waals surface area contributed by atoms with Crippen molar-refractivity contribution in [2.45, 2.75) is 0 Å². The molecule has 3 heteroatoms. The lowest BCUT2D eigenvalue weighted by Crippen LogP contribution is -1.94. The first-order valence-electron chi connectivity index (χ1n) is 5.67. The zero-order valence-corrected chi connectivity index (χ0v) is 10.8. The van der Waals surface area contributed by atoms with Gasteiger partial charge in [0.05, 0.1) is 11.6 Å². The molecule has 0 bridgehead atoms. The van der Waals surface area contributed by atoms with Gasteiger partial charge in [-0.1, -0.05) is 41.9 Å². The molecule has 0 amide bonds. The molecule has 2 rings (SSSR count). The molecule has 0 fully saturated rings. The van der Waals surface area contributed by atoms with Crippen molar-refractivity contribution >= 4 is 23.5 Å². The fourth-order valence-electron chi connectivity index (χ4n) is 1.62. The molecule has 0 spiro atoms. The second-order valence-electron chi connectivity index (χ2n) is 3.95. The van der Waals surface area contributed by atoms with E-state index in [9.17, 15) is 4.79 Å². The number of hydrogen-bond acceptors (Lipinski definition) is 2. The van der Waals surface area contributed by atoms with Gasteiger partial charge in [0.2, 0.25) is 0 Å². The molecule has 0 N–H and O–H groups in total. The highest BCUT2D eigenvalue weighted by Crippen LogP contribution is 2.13. The van der Waals surface area contributed by atoms with Crippen LogP contribution in [0.4, 0.5) is 0 Å². The Bertz CT molecular complexity index is 683. The van der Waals surface area contributed by atoms with E-state index >= 15 is 0 Å². The Morgan fingerprint density at radius 1 is 1.16 bits per heavy atom. The Balaban J connectivity index is 2.19. The molecule has 2 aromatic rings. The van der Waals surface area contributed by atoms with E-state index in [1.54, 1.807) is 42.5 Å². The number of carbonyl (C=O) groups is 1. The summed E-state index contributed by atoms with van der Waals surface area (Å²) < 4.78 is 0. The van der Waals surface area contributed by atoms with E-state index in [0.29, 0.717) is 16.1 Å². The number of allylic oxidation sites excluding steroid dienone is 1. The van der Waals surface area contributed by atoms with Gasteiger partial charge in [0.15, 0.2) is 5.78 Å². The highest BCUT2D eigenvalue weighted by Gasteiger charge is 2.02. The van der Waals surface area contributed by atoms with Gasteiger partial charge in [-0.05, 0) is 35.9 Å². The molecule has 2 nitrogen and oxygen atoms in total. The van der Waals surface area contributed by atoms with Crippen LogP contribution in [-0.4, -0.2) is 5.78 Å². The monoisotopic (exact) mass is 267 g/mol. The maximum absolute atomic E-state index is 11.9. The highest BCUT2D eigenvalue weighted by atomic mass is 35.5. The summed E-state index contributed by atoms with van der Waals surface area (Å²) in [6, 6.07) is 15.9. The summed E-state index contributed by atoms with van der Waals surface area (Å²) in [6.45, 7) is 0. The molecule has 0 aliphatic heterocycles. The van der Waals surface area contributed by atoms with Crippen LogP contribution in [0, 0.1) is 11.3 Å². The summed E-state index contributed by atoms with van der Waals surface area (Å²) in [5.41, 5.74) is 1.83. The Morgan fingerprint density at radius 3 is 2.68 bits per heavy atom. The number of hydrogen-bond donors (Lipinski definition) is 0. The molecule has 0 heterocycles. The molecule has 0 aliphatic rings. The van der Waals surface area contributed by atoms with Gasteiger partial charge in [0.1, 0.15) is 0 Å². The second-order valence-corrected chi connectivity index (χ2v) is 4.38. The average molecular weight is 268 g/mol. The van der Waals surface area contributed by atoms with Gasteiger partial charge in [-0.25, -0.2) is 0 Å². The molecule has 92 valence electrons. The topological polar surface area (TPSA) is 40.9 Å². The van der Waals surface area contributed by atoms with E-state index in [4.69, 9.17) is 16.9 Å². The number of nitrogens with zero attached hydrogens (tertiary/aromatic N) is 1. The van der Waals surface area contributed by atoms with E-state index in [1.807, 2.05) is 18.2 Å². The predicted octanol–water partition coefficient (Wildman–Crippen LogP) is 4.11. The van der Waals surface area contributed by atoms with Gasteiger partial charge < -0.3 is 0 Å². The zero-order chi connectivity index (χ0) is 13.7. The normalized spacial score (nSPS) is 10.3. The van der Waals surface area contributed by atoms with Crippen molar-refractivity contribution in [3.8, 4) is 6.07 Å². The van der Waals surface area contributed by atoms with Crippen molar-refractivity contribution in [3.63, 3.8) is 0 Å². The zero-order valence-electron chi connectivity index (χ0n) is 10.0. The van der Waals surface area contributed by atoms with E-state index < -0.39 is 0 Å². The number of nitriles is 1. The third kappa shape index (κ3) is 3.54. The molecule has 0 atom stereocenters. The minimum Gasteiger partial charge on any atom is -0.289 e. The van der Waals surface area contributed by atoms with Crippen LogP contribution in [0.15, 0.2) is 54.6 Å². The van der Waals surface area contributed by atoms with Crippen molar-refractivity contribution in [1.82, 2.24) is 0 Å². The van der Waals surface area contributed by atoms with Crippen molar-refractivity contribution in [2.75, 3.05) is 0 Å². The van der Waals surface area contributed by atoms with E-state index in [0.717, 1.165) is 5.56 Å². The van der Waals surface area contributed by atoms with Gasteiger partial charge >= 0.3 is 0 Å². The summed E-state index contributed by atoms with van der Waals surface area (Å²) in [6.07, 6.45) is 3.18. The highest BCUT2D eigenvalue weighted by molar-refractivity contribution is 6.30. The summed E-state index contributed by atoms with van der Waals surface area (Å²) in [5, 5.41) is 9.41. The van der Waals surface area contributed by atoms with Crippen LogP contribution in [0.3, 0.4) is 0 Å². The number of halogens is 1. The van der Waals surface area contributed by atoms with Gasteiger partial charge in [-0.3, -0.25) is 4.79 Å². The summed E-state index contributed by atoms with van der Waals surface area (Å²) >= 11 is 5.86. The lowest BCUT2D eigenvalue weighted by Gasteiger charge is -1.97. The van der Waals surface area contributed by atoms with E-state index in [-0.39, 0.29) is 5.78 Å². The van der Waals surface area contributed by atoms with Gasteiger partial charge in [-0.15, -0.1) is 0 Å². The number of carbonyl (C=O) groups excluding carboxylic acids is 1. The molecule has 0 aliphatic carbocycles. The average Bonchev–Trinajstić information content (AvgIpc) is 2.45. The lowest BCUT2D eigenvalue weighted by molar-refractivity contribution is 0.104. The summed E-state index contributed by atoms with van der Waals surface area (Å²) in [5.74, 6) is -0.142. The Morgan fingerprint density at radius 2 is 1.95 bits per heavy atom. The van der Waals surface area contributed by atoms with Crippen molar-refractivity contribution < 1.29 is 4.79 Å². The summed E-state index contributed by atoms with van der Waals surface area (Å²) in [7, 11) is 0. The molecular formula is C16H10ClNO. The lowest BCUT2D eigenvalue weighted by atomic mass is 10.1. The second kappa shape index (κ2) is 5.99.